The predicted octanol–water partition coefficient (Wildman–Crippen LogP) is 8.25. The molecule has 1 atom stereocenters. The lowest BCUT2D eigenvalue weighted by atomic mass is 10.1. The third-order valence-electron chi connectivity index (χ3n) is 8.32. The number of imidazole rings is 1. The maximum Gasteiger partial charge on any atom is 0.146 e. The van der Waals surface area contributed by atoms with Gasteiger partial charge in [-0.1, -0.05) is 103 Å². The Labute approximate surface area is 243 Å². The molecule has 3 heterocycles. The van der Waals surface area contributed by atoms with Crippen LogP contribution in [-0.4, -0.2) is 14.4 Å². The molecule has 196 valence electrons. The van der Waals surface area contributed by atoms with E-state index in [2.05, 4.69) is 144 Å². The molecule has 6 aromatic carbocycles. The molecule has 42 heavy (non-hydrogen) atoms. The summed E-state index contributed by atoms with van der Waals surface area (Å²) in [5, 5.41) is 11.1. The molecule has 0 aliphatic carbocycles. The number of fused-ring (bicyclic) bond motifs is 10. The van der Waals surface area contributed by atoms with Crippen molar-refractivity contribution in [2.45, 2.75) is 0 Å². The van der Waals surface area contributed by atoms with Crippen molar-refractivity contribution in [1.82, 2.24) is 14.4 Å². The summed E-state index contributed by atoms with van der Waals surface area (Å²) in [6.07, 6.45) is 2.07. The van der Waals surface area contributed by atoms with Gasteiger partial charge in [0.2, 0.25) is 0 Å². The summed E-state index contributed by atoms with van der Waals surface area (Å²) in [6, 6.07) is 50.3. The van der Waals surface area contributed by atoms with Crippen LogP contribution in [0.2, 0.25) is 0 Å². The quantitative estimate of drug-likeness (QED) is 0.163. The highest BCUT2D eigenvalue weighted by Crippen LogP contribution is 2.37. The van der Waals surface area contributed by atoms with E-state index < -0.39 is 7.92 Å². The second kappa shape index (κ2) is 9.21. The zero-order valence-electron chi connectivity index (χ0n) is 22.6. The minimum atomic E-state index is -0.883. The van der Waals surface area contributed by atoms with Gasteiger partial charge in [-0.05, 0) is 71.1 Å². The van der Waals surface area contributed by atoms with Gasteiger partial charge in [-0.15, -0.1) is 0 Å². The van der Waals surface area contributed by atoms with Crippen LogP contribution in [0.1, 0.15) is 0 Å². The molecule has 0 fully saturated rings. The van der Waals surface area contributed by atoms with Crippen LogP contribution in [0.4, 0.5) is 0 Å². The van der Waals surface area contributed by atoms with Gasteiger partial charge in [-0.25, -0.2) is 4.98 Å². The van der Waals surface area contributed by atoms with E-state index in [1.807, 2.05) is 6.07 Å². The Morgan fingerprint density at radius 1 is 0.452 bits per heavy atom. The van der Waals surface area contributed by atoms with Gasteiger partial charge in [0.1, 0.15) is 5.65 Å². The monoisotopic (exact) mass is 553 g/mol. The largest absolute Gasteiger partial charge is 0.292 e. The first kappa shape index (κ1) is 23.6. The van der Waals surface area contributed by atoms with Crippen LogP contribution in [0.25, 0.3) is 60.0 Å². The lowest BCUT2D eigenvalue weighted by Gasteiger charge is -2.20. The van der Waals surface area contributed by atoms with Crippen molar-refractivity contribution in [3.63, 3.8) is 0 Å². The van der Waals surface area contributed by atoms with Gasteiger partial charge in [0.05, 0.1) is 22.1 Å². The Balaban J connectivity index is 1.35. The molecule has 1 unspecified atom stereocenters. The van der Waals surface area contributed by atoms with Gasteiger partial charge in [0, 0.05) is 27.7 Å². The van der Waals surface area contributed by atoms with Crippen LogP contribution in [0.15, 0.2) is 146 Å². The zero-order chi connectivity index (χ0) is 27.6. The molecule has 0 spiro atoms. The summed E-state index contributed by atoms with van der Waals surface area (Å²) in [5.41, 5.74) is 5.33. The molecule has 0 saturated carbocycles. The van der Waals surface area contributed by atoms with Crippen LogP contribution in [0, 0.1) is 0 Å². The van der Waals surface area contributed by atoms with Crippen molar-refractivity contribution in [2.75, 3.05) is 0 Å². The molecule has 0 radical (unpaired) electrons. The molecule has 9 aromatic rings. The second-order valence-electron chi connectivity index (χ2n) is 10.8. The van der Waals surface area contributed by atoms with Gasteiger partial charge < -0.3 is 0 Å². The Kier molecular flexibility index (Phi) is 5.17. The van der Waals surface area contributed by atoms with Crippen LogP contribution in [0.3, 0.4) is 0 Å². The van der Waals surface area contributed by atoms with Gasteiger partial charge in [0.25, 0.3) is 0 Å². The number of aromatic nitrogens is 3. The van der Waals surface area contributed by atoms with Crippen LogP contribution in [0.5, 0.6) is 0 Å². The average Bonchev–Trinajstić information content (AvgIpc) is 3.44. The SMILES string of the molecule is c1ccc2cc(P(c3cnc4ccccc4c3)c3ccc4nc5c6ccccc6c6ccccc6n5c4c3)ccc2c1. The van der Waals surface area contributed by atoms with E-state index in [-0.39, 0.29) is 0 Å². The topological polar surface area (TPSA) is 30.2 Å². The fraction of sp³-hybridized carbons (Fsp3) is 0. The summed E-state index contributed by atoms with van der Waals surface area (Å²) in [7, 11) is -0.883. The normalized spacial score (nSPS) is 12.7. The van der Waals surface area contributed by atoms with Crippen molar-refractivity contribution in [3.05, 3.63) is 146 Å². The lowest BCUT2D eigenvalue weighted by molar-refractivity contribution is 1.32. The van der Waals surface area contributed by atoms with Crippen molar-refractivity contribution >= 4 is 83.9 Å². The van der Waals surface area contributed by atoms with Gasteiger partial charge >= 0.3 is 0 Å². The standard InChI is InChI=1S/C38H24N3P/c1-2-10-26-21-28(18-17-25(26)9-1)42(30-22-27-11-3-7-15-34(27)39-24-30)29-19-20-35-37(23-29)41-36-16-8-6-13-32(36)31-12-4-5-14-33(31)38(41)40-35/h1-24H. The van der Waals surface area contributed by atoms with Gasteiger partial charge in [0.15, 0.2) is 0 Å². The average molecular weight is 554 g/mol. The Morgan fingerprint density at radius 2 is 1.12 bits per heavy atom. The number of para-hydroxylation sites is 2. The number of nitrogens with zero attached hydrogens (tertiary/aromatic N) is 3. The van der Waals surface area contributed by atoms with E-state index in [1.54, 1.807) is 0 Å². The van der Waals surface area contributed by atoms with Crippen LogP contribution in [-0.2, 0) is 0 Å². The first-order valence-electron chi connectivity index (χ1n) is 14.2. The molecule has 0 aliphatic heterocycles. The third kappa shape index (κ3) is 3.57. The highest BCUT2D eigenvalue weighted by atomic mass is 31.1. The summed E-state index contributed by atoms with van der Waals surface area (Å²) in [5.74, 6) is 0. The van der Waals surface area contributed by atoms with E-state index >= 15 is 0 Å². The second-order valence-corrected chi connectivity index (χ2v) is 13.0. The van der Waals surface area contributed by atoms with Crippen LogP contribution < -0.4 is 15.9 Å². The molecule has 0 N–H and O–H groups in total. The highest BCUT2D eigenvalue weighted by Gasteiger charge is 2.21. The molecule has 0 saturated heterocycles. The highest BCUT2D eigenvalue weighted by molar-refractivity contribution is 7.79. The maximum absolute atomic E-state index is 5.18. The Bertz CT molecular complexity index is 2420. The Hall–Kier alpha value is -5.11. The summed E-state index contributed by atoms with van der Waals surface area (Å²) in [6.45, 7) is 0. The summed E-state index contributed by atoms with van der Waals surface area (Å²) >= 11 is 0. The minimum absolute atomic E-state index is 0.883. The zero-order valence-corrected chi connectivity index (χ0v) is 23.5. The van der Waals surface area contributed by atoms with Gasteiger partial charge in [-0.3, -0.25) is 9.38 Å². The Morgan fingerprint density at radius 3 is 2.02 bits per heavy atom. The molecule has 0 amide bonds. The lowest BCUT2D eigenvalue weighted by Crippen LogP contribution is -2.21. The molecule has 9 rings (SSSR count). The summed E-state index contributed by atoms with van der Waals surface area (Å²) < 4.78 is 2.35. The van der Waals surface area contributed by atoms with Crippen molar-refractivity contribution in [3.8, 4) is 0 Å². The molecular formula is C38H24N3P. The number of benzene rings is 6. The smallest absolute Gasteiger partial charge is 0.146 e. The van der Waals surface area contributed by atoms with E-state index in [0.717, 1.165) is 27.6 Å². The molecule has 3 aromatic heterocycles. The number of rotatable bonds is 3. The maximum atomic E-state index is 5.18. The van der Waals surface area contributed by atoms with E-state index in [0.29, 0.717) is 0 Å². The van der Waals surface area contributed by atoms with Crippen molar-refractivity contribution in [2.24, 2.45) is 0 Å². The summed E-state index contributed by atoms with van der Waals surface area (Å²) in [4.78, 5) is 10.1. The van der Waals surface area contributed by atoms with E-state index in [4.69, 9.17) is 9.97 Å². The number of pyridine rings is 2. The van der Waals surface area contributed by atoms with Crippen molar-refractivity contribution < 1.29 is 0 Å². The minimum Gasteiger partial charge on any atom is -0.292 e. The van der Waals surface area contributed by atoms with Gasteiger partial charge in [-0.2, -0.15) is 0 Å². The number of hydrogen-bond donors (Lipinski definition) is 0. The third-order valence-corrected chi connectivity index (χ3v) is 10.7. The van der Waals surface area contributed by atoms with E-state index in [9.17, 15) is 0 Å². The molecular weight excluding hydrogens is 529 g/mol. The molecule has 4 heteroatoms. The fourth-order valence-corrected chi connectivity index (χ4v) is 8.68. The molecule has 0 bridgehead atoms. The predicted molar refractivity (Wildman–Crippen MR) is 179 cm³/mol. The molecule has 3 nitrogen and oxygen atoms in total. The first-order valence-corrected chi connectivity index (χ1v) is 15.5. The van der Waals surface area contributed by atoms with Crippen molar-refractivity contribution in [1.29, 1.82) is 0 Å². The van der Waals surface area contributed by atoms with Crippen LogP contribution >= 0.6 is 7.92 Å². The number of hydrogen-bond acceptors (Lipinski definition) is 2. The fourth-order valence-electron chi connectivity index (χ4n) is 6.38. The molecule has 0 aliphatic rings. The van der Waals surface area contributed by atoms with E-state index in [1.165, 1.54) is 48.4 Å². The first-order chi connectivity index (χ1) is 20.8.